The molecule has 0 aliphatic rings. The maximum absolute atomic E-state index is 11.6. The van der Waals surface area contributed by atoms with Crippen molar-refractivity contribution in [3.63, 3.8) is 0 Å². The Balaban J connectivity index is 3.04. The van der Waals surface area contributed by atoms with Crippen molar-refractivity contribution < 1.29 is 8.78 Å². The van der Waals surface area contributed by atoms with E-state index in [0.29, 0.717) is 11.3 Å². The van der Waals surface area contributed by atoms with Crippen molar-refractivity contribution >= 4 is 11.3 Å². The van der Waals surface area contributed by atoms with Gasteiger partial charge in [0.15, 0.2) is 0 Å². The molecule has 0 aliphatic carbocycles. The van der Waals surface area contributed by atoms with Crippen LogP contribution in [0.25, 0.3) is 0 Å². The van der Waals surface area contributed by atoms with E-state index in [4.69, 9.17) is 0 Å². The van der Waals surface area contributed by atoms with Crippen LogP contribution in [-0.4, -0.2) is 4.98 Å². The molecule has 4 heteroatoms. The van der Waals surface area contributed by atoms with Gasteiger partial charge < -0.3 is 0 Å². The lowest BCUT2D eigenvalue weighted by Crippen LogP contribution is -1.69. The molecule has 38 valence electrons. The van der Waals surface area contributed by atoms with E-state index in [-0.39, 0.29) is 0 Å². The molecular formula is C3HF2NS. The van der Waals surface area contributed by atoms with Crippen molar-refractivity contribution in [1.82, 2.24) is 4.98 Å². The third-order valence-electron chi connectivity index (χ3n) is 0.448. The fourth-order valence-corrected chi connectivity index (χ4v) is 0.621. The molecule has 0 radical (unpaired) electrons. The summed E-state index contributed by atoms with van der Waals surface area (Å²) in [5.41, 5.74) is 0. The molecule has 0 aliphatic heterocycles. The van der Waals surface area contributed by atoms with E-state index >= 15 is 0 Å². The van der Waals surface area contributed by atoms with Gasteiger partial charge in [-0.3, -0.25) is 0 Å². The number of thiazole rings is 1. The lowest BCUT2D eigenvalue weighted by molar-refractivity contribution is 0.541. The number of aromatic nitrogens is 1. The van der Waals surface area contributed by atoms with Crippen LogP contribution in [0.1, 0.15) is 0 Å². The van der Waals surface area contributed by atoms with Crippen LogP contribution < -0.4 is 0 Å². The third-order valence-corrected chi connectivity index (χ3v) is 1.05. The first-order valence-electron chi connectivity index (χ1n) is 1.55. The minimum absolute atomic E-state index is 0.652. The second kappa shape index (κ2) is 1.54. The molecule has 0 N–H and O–H groups in total. The normalized spacial score (nSPS) is 9.43. The standard InChI is InChI=1S/C3HF2NS/c4-2-1-7-3(5)6-2/h1H. The Bertz CT molecular complexity index is 145. The maximum Gasteiger partial charge on any atom is 0.271 e. The predicted molar refractivity (Wildman–Crippen MR) is 22.0 cm³/mol. The lowest BCUT2D eigenvalue weighted by Gasteiger charge is -1.63. The highest BCUT2D eigenvalue weighted by atomic mass is 32.1. The Kier molecular flexibility index (Phi) is 1.02. The number of hydrogen-bond acceptors (Lipinski definition) is 2. The number of halogens is 2. The van der Waals surface area contributed by atoms with Crippen molar-refractivity contribution in [1.29, 1.82) is 0 Å². The van der Waals surface area contributed by atoms with Crippen LogP contribution in [0.15, 0.2) is 5.38 Å². The van der Waals surface area contributed by atoms with E-state index in [1.807, 2.05) is 0 Å². The van der Waals surface area contributed by atoms with E-state index in [9.17, 15) is 8.78 Å². The second-order valence-corrected chi connectivity index (χ2v) is 1.73. The quantitative estimate of drug-likeness (QED) is 0.505. The number of rotatable bonds is 0. The Morgan fingerprint density at radius 2 is 2.29 bits per heavy atom. The summed E-state index contributed by atoms with van der Waals surface area (Å²) in [6.45, 7) is 0. The summed E-state index contributed by atoms with van der Waals surface area (Å²) >= 11 is 0.652. The summed E-state index contributed by atoms with van der Waals surface area (Å²) in [5, 5.41) is 0.285. The number of nitrogens with zero attached hydrogens (tertiary/aromatic N) is 1. The topological polar surface area (TPSA) is 12.9 Å². The van der Waals surface area contributed by atoms with Gasteiger partial charge in [0, 0.05) is 0 Å². The van der Waals surface area contributed by atoms with Crippen molar-refractivity contribution in [2.24, 2.45) is 0 Å². The molecule has 1 heterocycles. The largest absolute Gasteiger partial charge is 0.271 e. The Hall–Kier alpha value is -0.510. The van der Waals surface area contributed by atoms with Gasteiger partial charge >= 0.3 is 0 Å². The lowest BCUT2D eigenvalue weighted by atomic mass is 11.0. The minimum Gasteiger partial charge on any atom is -0.184 e. The maximum atomic E-state index is 11.6. The van der Waals surface area contributed by atoms with Gasteiger partial charge in [0.2, 0.25) is 5.95 Å². The van der Waals surface area contributed by atoms with Crippen molar-refractivity contribution in [2.75, 3.05) is 0 Å². The minimum atomic E-state index is -0.748. The molecule has 0 amide bonds. The smallest absolute Gasteiger partial charge is 0.184 e. The molecule has 1 aromatic rings. The Morgan fingerprint density at radius 1 is 1.57 bits per heavy atom. The predicted octanol–water partition coefficient (Wildman–Crippen LogP) is 1.42. The average Bonchev–Trinajstić information content (AvgIpc) is 1.87. The van der Waals surface area contributed by atoms with Crippen LogP contribution in [0.3, 0.4) is 0 Å². The zero-order valence-corrected chi connectivity index (χ0v) is 4.01. The highest BCUT2D eigenvalue weighted by molar-refractivity contribution is 7.07. The molecule has 0 saturated carbocycles. The van der Waals surface area contributed by atoms with Gasteiger partial charge in [-0.2, -0.15) is 13.8 Å². The molecule has 0 saturated heterocycles. The molecule has 0 unspecified atom stereocenters. The van der Waals surface area contributed by atoms with Crippen LogP contribution in [0, 0.1) is 11.2 Å². The molecular weight excluding hydrogens is 120 g/mol. The third kappa shape index (κ3) is 0.928. The van der Waals surface area contributed by atoms with E-state index in [0.717, 1.165) is 5.38 Å². The van der Waals surface area contributed by atoms with Crippen molar-refractivity contribution in [3.8, 4) is 0 Å². The van der Waals surface area contributed by atoms with E-state index < -0.39 is 11.2 Å². The molecule has 0 spiro atoms. The fraction of sp³-hybridized carbons (Fsp3) is 0. The van der Waals surface area contributed by atoms with E-state index in [1.165, 1.54) is 0 Å². The summed E-state index contributed by atoms with van der Waals surface area (Å²) in [6.07, 6.45) is 0. The highest BCUT2D eigenvalue weighted by Crippen LogP contribution is 2.03. The second-order valence-electron chi connectivity index (χ2n) is 0.923. The monoisotopic (exact) mass is 121 g/mol. The van der Waals surface area contributed by atoms with Crippen LogP contribution in [0.4, 0.5) is 8.78 Å². The zero-order chi connectivity index (χ0) is 5.28. The first kappa shape index (κ1) is 4.64. The van der Waals surface area contributed by atoms with E-state index in [1.54, 1.807) is 0 Å². The van der Waals surface area contributed by atoms with Crippen LogP contribution in [0.2, 0.25) is 0 Å². The molecule has 1 rings (SSSR count). The SMILES string of the molecule is Fc1csc(F)n1. The van der Waals surface area contributed by atoms with Gasteiger partial charge in [-0.15, -0.1) is 0 Å². The van der Waals surface area contributed by atoms with Gasteiger partial charge in [0.05, 0.1) is 5.38 Å². The van der Waals surface area contributed by atoms with Gasteiger partial charge in [0.1, 0.15) is 0 Å². The summed E-state index contributed by atoms with van der Waals surface area (Å²) in [4.78, 5) is 2.80. The summed E-state index contributed by atoms with van der Waals surface area (Å²) in [7, 11) is 0. The average molecular weight is 121 g/mol. The Morgan fingerprint density at radius 3 is 2.43 bits per heavy atom. The molecule has 7 heavy (non-hydrogen) atoms. The van der Waals surface area contributed by atoms with Crippen LogP contribution >= 0.6 is 11.3 Å². The van der Waals surface area contributed by atoms with Crippen molar-refractivity contribution in [2.45, 2.75) is 0 Å². The highest BCUT2D eigenvalue weighted by Gasteiger charge is 1.94. The summed E-state index contributed by atoms with van der Waals surface area (Å²) < 4.78 is 23.2. The number of hydrogen-bond donors (Lipinski definition) is 0. The summed E-state index contributed by atoms with van der Waals surface area (Å²) in [5.74, 6) is -0.748. The van der Waals surface area contributed by atoms with Gasteiger partial charge in [-0.05, 0) is 0 Å². The molecule has 0 bridgehead atoms. The van der Waals surface area contributed by atoms with E-state index in [2.05, 4.69) is 4.98 Å². The molecule has 1 aromatic heterocycles. The molecule has 0 aromatic carbocycles. The molecule has 0 atom stereocenters. The first-order chi connectivity index (χ1) is 3.29. The fourth-order valence-electron chi connectivity index (χ4n) is 0.234. The molecule has 0 fully saturated rings. The van der Waals surface area contributed by atoms with Crippen LogP contribution in [0.5, 0.6) is 0 Å². The summed E-state index contributed by atoms with van der Waals surface area (Å²) in [6, 6.07) is 0. The first-order valence-corrected chi connectivity index (χ1v) is 2.43. The van der Waals surface area contributed by atoms with Gasteiger partial charge in [0.25, 0.3) is 5.26 Å². The van der Waals surface area contributed by atoms with Crippen LogP contribution in [-0.2, 0) is 0 Å². The Labute approximate surface area is 42.6 Å². The zero-order valence-electron chi connectivity index (χ0n) is 3.19. The van der Waals surface area contributed by atoms with Gasteiger partial charge in [-0.25, -0.2) is 0 Å². The molecule has 1 nitrogen and oxygen atoms in total. The van der Waals surface area contributed by atoms with Crippen molar-refractivity contribution in [3.05, 3.63) is 16.6 Å². The van der Waals surface area contributed by atoms with Gasteiger partial charge in [-0.1, -0.05) is 11.3 Å².